The molecule has 4 saturated carbocycles. The van der Waals surface area contributed by atoms with E-state index >= 15 is 0 Å². The van der Waals surface area contributed by atoms with Crippen molar-refractivity contribution in [3.63, 3.8) is 0 Å². The van der Waals surface area contributed by atoms with Crippen LogP contribution in [0, 0.1) is 17.8 Å². The van der Waals surface area contributed by atoms with E-state index in [9.17, 15) is 0 Å². The van der Waals surface area contributed by atoms with E-state index in [2.05, 4.69) is 169 Å². The van der Waals surface area contributed by atoms with Gasteiger partial charge in [-0.25, -0.2) is 0 Å². The van der Waals surface area contributed by atoms with Crippen molar-refractivity contribution in [1.29, 1.82) is 0 Å². The van der Waals surface area contributed by atoms with Crippen molar-refractivity contribution >= 4 is 39.0 Å². The summed E-state index contributed by atoms with van der Waals surface area (Å²) in [5, 5.41) is 2.49. The monoisotopic (exact) mass is 757 g/mol. The predicted molar refractivity (Wildman–Crippen MR) is 242 cm³/mol. The first kappa shape index (κ1) is 34.9. The van der Waals surface area contributed by atoms with E-state index in [0.717, 1.165) is 34.6 Å². The molecule has 0 amide bonds. The fourth-order valence-electron chi connectivity index (χ4n) is 13.6. The number of benzene rings is 6. The highest BCUT2D eigenvalue weighted by Gasteiger charge is 2.52. The second-order valence-corrected chi connectivity index (χ2v) is 21.2. The quantitative estimate of drug-likeness (QED) is 0.178. The van der Waals surface area contributed by atoms with Gasteiger partial charge < -0.3 is 9.32 Å². The molecule has 2 heteroatoms. The highest BCUT2D eigenvalue weighted by molar-refractivity contribution is 6.07. The van der Waals surface area contributed by atoms with E-state index in [1.807, 2.05) is 0 Å². The number of hydrogen-bond donors (Lipinski definition) is 0. The van der Waals surface area contributed by atoms with E-state index in [1.165, 1.54) is 116 Å². The van der Waals surface area contributed by atoms with Crippen LogP contribution >= 0.6 is 0 Å². The number of hydrogen-bond acceptors (Lipinski definition) is 2. The van der Waals surface area contributed by atoms with Crippen LogP contribution in [0.25, 0.3) is 44.2 Å². The maximum Gasteiger partial charge on any atom is 0.139 e. The molecule has 0 aliphatic heterocycles. The van der Waals surface area contributed by atoms with Crippen molar-refractivity contribution in [3.8, 4) is 22.3 Å². The van der Waals surface area contributed by atoms with E-state index in [-0.39, 0.29) is 21.7 Å². The van der Waals surface area contributed by atoms with Crippen molar-refractivity contribution in [3.05, 3.63) is 149 Å². The molecular weight excluding hydrogens is 703 g/mol. The molecule has 0 atom stereocenters. The molecule has 0 N–H and O–H groups in total. The fraction of sp³-hybridized carbons (Fsp3) is 0.357. The number of rotatable bonds is 4. The molecule has 0 spiro atoms. The van der Waals surface area contributed by atoms with Crippen LogP contribution in [0.15, 0.2) is 120 Å². The minimum atomic E-state index is -0.133. The third-order valence-corrected chi connectivity index (χ3v) is 15.9. The SMILES string of the molecule is CC(C)(C)c1cccc2c1-c1ccc(N(c3ccc4c(c3)C(C)(C)c3ccccc3-4)c3ccc4c(c3)oc3c(C56CC7CC(CC(C7)C5)C6)cccc34)cc1C2(C)C. The van der Waals surface area contributed by atoms with Crippen LogP contribution in [-0.4, -0.2) is 0 Å². The van der Waals surface area contributed by atoms with Crippen LogP contribution in [0.4, 0.5) is 17.1 Å². The lowest BCUT2D eigenvalue weighted by molar-refractivity contribution is -0.00485. The van der Waals surface area contributed by atoms with Gasteiger partial charge >= 0.3 is 0 Å². The van der Waals surface area contributed by atoms with Gasteiger partial charge in [0.25, 0.3) is 0 Å². The molecular formula is C56H55NO. The molecule has 4 bridgehead atoms. The molecule has 13 rings (SSSR count). The van der Waals surface area contributed by atoms with Crippen molar-refractivity contribution in [2.24, 2.45) is 17.8 Å². The van der Waals surface area contributed by atoms with Crippen LogP contribution in [0.3, 0.4) is 0 Å². The molecule has 1 aromatic heterocycles. The van der Waals surface area contributed by atoms with Crippen LogP contribution in [-0.2, 0) is 21.7 Å². The summed E-state index contributed by atoms with van der Waals surface area (Å²) in [5.74, 6) is 2.67. The first-order valence-electron chi connectivity index (χ1n) is 22.1. The third kappa shape index (κ3) is 4.72. The average Bonchev–Trinajstić information content (AvgIpc) is 3.76. The maximum absolute atomic E-state index is 7.15. The van der Waals surface area contributed by atoms with Gasteiger partial charge in [0.2, 0.25) is 0 Å². The molecule has 6 aliphatic carbocycles. The zero-order valence-corrected chi connectivity index (χ0v) is 35.3. The molecule has 0 saturated heterocycles. The second kappa shape index (κ2) is 11.6. The zero-order valence-electron chi connectivity index (χ0n) is 35.3. The Bertz CT molecular complexity index is 2840. The Morgan fingerprint density at radius 1 is 0.517 bits per heavy atom. The van der Waals surface area contributed by atoms with E-state index in [4.69, 9.17) is 4.42 Å². The Labute approximate surface area is 344 Å². The van der Waals surface area contributed by atoms with Crippen molar-refractivity contribution < 1.29 is 4.42 Å². The second-order valence-electron chi connectivity index (χ2n) is 21.2. The van der Waals surface area contributed by atoms with E-state index < -0.39 is 0 Å². The Kier molecular flexibility index (Phi) is 6.96. The molecule has 7 aromatic rings. The smallest absolute Gasteiger partial charge is 0.139 e. The van der Waals surface area contributed by atoms with Gasteiger partial charge in [-0.15, -0.1) is 0 Å². The van der Waals surface area contributed by atoms with Crippen LogP contribution in [0.5, 0.6) is 0 Å². The van der Waals surface area contributed by atoms with Crippen LogP contribution < -0.4 is 4.90 Å². The number of para-hydroxylation sites is 1. The Morgan fingerprint density at radius 2 is 1.07 bits per heavy atom. The predicted octanol–water partition coefficient (Wildman–Crippen LogP) is 15.4. The third-order valence-electron chi connectivity index (χ3n) is 15.9. The summed E-state index contributed by atoms with van der Waals surface area (Å²) >= 11 is 0. The highest BCUT2D eigenvalue weighted by atomic mass is 16.3. The number of anilines is 3. The number of nitrogens with zero attached hydrogens (tertiary/aromatic N) is 1. The topological polar surface area (TPSA) is 16.4 Å². The Balaban J connectivity index is 1.04. The van der Waals surface area contributed by atoms with Gasteiger partial charge in [-0.05, 0) is 154 Å². The Hall–Kier alpha value is -5.08. The lowest BCUT2D eigenvalue weighted by Crippen LogP contribution is -2.48. The van der Waals surface area contributed by atoms with Crippen molar-refractivity contribution in [2.45, 2.75) is 109 Å². The summed E-state index contributed by atoms with van der Waals surface area (Å²) in [6, 6.07) is 44.4. The van der Waals surface area contributed by atoms with Gasteiger partial charge in [0.1, 0.15) is 11.2 Å². The maximum atomic E-state index is 7.15. The summed E-state index contributed by atoms with van der Waals surface area (Å²) < 4.78 is 7.15. The first-order chi connectivity index (χ1) is 27.8. The molecule has 0 radical (unpaired) electrons. The lowest BCUT2D eigenvalue weighted by atomic mass is 9.48. The minimum Gasteiger partial charge on any atom is -0.456 e. The summed E-state index contributed by atoms with van der Waals surface area (Å²) in [6.07, 6.45) is 8.35. The molecule has 1 heterocycles. The molecule has 6 aromatic carbocycles. The van der Waals surface area contributed by atoms with E-state index in [0.29, 0.717) is 0 Å². The van der Waals surface area contributed by atoms with Gasteiger partial charge in [-0.1, -0.05) is 121 Å². The molecule has 290 valence electrons. The van der Waals surface area contributed by atoms with Crippen molar-refractivity contribution in [2.75, 3.05) is 4.90 Å². The largest absolute Gasteiger partial charge is 0.456 e. The number of furan rings is 1. The summed E-state index contributed by atoms with van der Waals surface area (Å²) in [5.41, 5.74) is 19.6. The summed E-state index contributed by atoms with van der Waals surface area (Å²) in [6.45, 7) is 16.6. The van der Waals surface area contributed by atoms with Crippen molar-refractivity contribution in [1.82, 2.24) is 0 Å². The standard InChI is InChI=1S/C56H55NO/c1-53(2,3)45-15-11-16-46-51(45)43-23-20-37(28-49(43)55(46,6)7)57(36-18-21-40-39-12-8-9-14-44(39)54(4,5)48(40)27-36)38-19-22-41-42-13-10-17-47(52(42)58-50(41)29-38)56-30-33-24-34(31-56)26-35(25-33)32-56/h8-23,27-29,33-35H,24-26,30-32H2,1-7H3. The van der Waals surface area contributed by atoms with Crippen LogP contribution in [0.2, 0.25) is 0 Å². The minimum absolute atomic E-state index is 0.0418. The molecule has 4 fully saturated rings. The lowest BCUT2D eigenvalue weighted by Gasteiger charge is -2.57. The fourth-order valence-corrected chi connectivity index (χ4v) is 13.6. The zero-order chi connectivity index (χ0) is 39.5. The van der Waals surface area contributed by atoms with E-state index in [1.54, 1.807) is 0 Å². The normalized spacial score (nSPS) is 24.2. The van der Waals surface area contributed by atoms with Crippen LogP contribution in [0.1, 0.15) is 120 Å². The Morgan fingerprint density at radius 3 is 1.78 bits per heavy atom. The van der Waals surface area contributed by atoms with Gasteiger partial charge in [-0.2, -0.15) is 0 Å². The average molecular weight is 758 g/mol. The van der Waals surface area contributed by atoms with Gasteiger partial charge in [0.05, 0.1) is 0 Å². The summed E-state index contributed by atoms with van der Waals surface area (Å²) in [4.78, 5) is 2.50. The number of fused-ring (bicyclic) bond motifs is 9. The van der Waals surface area contributed by atoms with Gasteiger partial charge in [-0.3, -0.25) is 0 Å². The van der Waals surface area contributed by atoms with Gasteiger partial charge in [0, 0.05) is 50.3 Å². The highest BCUT2D eigenvalue weighted by Crippen LogP contribution is 2.62. The summed E-state index contributed by atoms with van der Waals surface area (Å²) in [7, 11) is 0. The first-order valence-corrected chi connectivity index (χ1v) is 22.1. The molecule has 0 unspecified atom stereocenters. The molecule has 6 aliphatic rings. The molecule has 2 nitrogen and oxygen atoms in total. The van der Waals surface area contributed by atoms with Gasteiger partial charge in [0.15, 0.2) is 0 Å². The molecule has 58 heavy (non-hydrogen) atoms.